The maximum Gasteiger partial charge on any atom is 0.238 e. The van der Waals surface area contributed by atoms with Crippen molar-refractivity contribution in [1.29, 1.82) is 0 Å². The van der Waals surface area contributed by atoms with Crippen LogP contribution in [-0.2, 0) is 9.63 Å². The van der Waals surface area contributed by atoms with E-state index in [0.29, 0.717) is 13.2 Å². The maximum atomic E-state index is 11.3. The van der Waals surface area contributed by atoms with Gasteiger partial charge in [0.05, 0.1) is 12.6 Å². The lowest BCUT2D eigenvalue weighted by Crippen LogP contribution is -2.52. The van der Waals surface area contributed by atoms with Gasteiger partial charge in [-0.1, -0.05) is 26.0 Å². The predicted octanol–water partition coefficient (Wildman–Crippen LogP) is 0.102. The number of rotatable bonds is 6. The van der Waals surface area contributed by atoms with Crippen molar-refractivity contribution in [3.63, 3.8) is 0 Å². The van der Waals surface area contributed by atoms with Crippen molar-refractivity contribution in [3.8, 4) is 0 Å². The van der Waals surface area contributed by atoms with E-state index >= 15 is 0 Å². The minimum Gasteiger partial charge on any atom is -0.368 e. The molecule has 1 aliphatic heterocycles. The first kappa shape index (κ1) is 13.9. The molecule has 0 saturated carbocycles. The minimum absolute atomic E-state index is 0.0444. The second kappa shape index (κ2) is 6.54. The molecule has 0 aliphatic carbocycles. The van der Waals surface area contributed by atoms with E-state index in [4.69, 9.17) is 10.6 Å². The van der Waals surface area contributed by atoms with Crippen molar-refractivity contribution in [2.45, 2.75) is 25.9 Å². The van der Waals surface area contributed by atoms with E-state index in [1.807, 2.05) is 19.9 Å². The quantitative estimate of drug-likeness (QED) is 0.349. The Kier molecular flexibility index (Phi) is 5.34. The third-order valence-electron chi connectivity index (χ3n) is 2.66. The first-order valence-electron chi connectivity index (χ1n) is 5.78. The molecule has 4 N–H and O–H groups in total. The molecule has 1 rings (SSSR count). The fourth-order valence-electron chi connectivity index (χ4n) is 1.83. The summed E-state index contributed by atoms with van der Waals surface area (Å²) in [5.74, 6) is -0.0700. The molecule has 0 radical (unpaired) electrons. The van der Waals surface area contributed by atoms with Crippen LogP contribution in [0, 0.1) is 5.92 Å². The molecular formula is C12H21N3O2. The number of amides is 1. The van der Waals surface area contributed by atoms with Crippen LogP contribution in [0.2, 0.25) is 0 Å². The van der Waals surface area contributed by atoms with Crippen LogP contribution in [0.4, 0.5) is 0 Å². The number of carbonyl (C=O) groups is 1. The Hall–Kier alpha value is -1.17. The van der Waals surface area contributed by atoms with Gasteiger partial charge in [-0.15, -0.1) is 6.58 Å². The third kappa shape index (κ3) is 3.96. The second-order valence-corrected chi connectivity index (χ2v) is 4.39. The van der Waals surface area contributed by atoms with E-state index in [0.717, 1.165) is 5.57 Å². The monoisotopic (exact) mass is 239 g/mol. The highest BCUT2D eigenvalue weighted by Gasteiger charge is 2.27. The molecule has 2 atom stereocenters. The lowest BCUT2D eigenvalue weighted by molar-refractivity contribution is -0.119. The first-order chi connectivity index (χ1) is 8.06. The summed E-state index contributed by atoms with van der Waals surface area (Å²) in [5.41, 5.74) is 9.26. The molecule has 1 heterocycles. The van der Waals surface area contributed by atoms with E-state index < -0.39 is 0 Å². The van der Waals surface area contributed by atoms with Gasteiger partial charge >= 0.3 is 0 Å². The van der Waals surface area contributed by atoms with Crippen LogP contribution in [0.3, 0.4) is 0 Å². The minimum atomic E-state index is -0.368. The van der Waals surface area contributed by atoms with Crippen molar-refractivity contribution >= 4 is 5.91 Å². The molecule has 1 aliphatic rings. The van der Waals surface area contributed by atoms with Gasteiger partial charge in [0.15, 0.2) is 0 Å². The molecule has 0 fully saturated rings. The fraction of sp³-hybridized carbons (Fsp3) is 0.583. The summed E-state index contributed by atoms with van der Waals surface area (Å²) in [6, 6.07) is -0.324. The highest BCUT2D eigenvalue weighted by atomic mass is 16.6. The van der Waals surface area contributed by atoms with Gasteiger partial charge in [-0.2, -0.15) is 5.48 Å². The van der Waals surface area contributed by atoms with Crippen molar-refractivity contribution in [2.24, 2.45) is 11.7 Å². The van der Waals surface area contributed by atoms with E-state index in [-0.39, 0.29) is 23.9 Å². The summed E-state index contributed by atoms with van der Waals surface area (Å²) in [4.78, 5) is 16.5. The van der Waals surface area contributed by atoms with Gasteiger partial charge in [0.2, 0.25) is 5.91 Å². The lowest BCUT2D eigenvalue weighted by atomic mass is 9.90. The molecule has 0 saturated heterocycles. The Labute approximate surface area is 102 Å². The summed E-state index contributed by atoms with van der Waals surface area (Å²) in [6.07, 6.45) is 3.68. The molecule has 0 aromatic rings. The highest BCUT2D eigenvalue weighted by Crippen LogP contribution is 2.18. The van der Waals surface area contributed by atoms with Crippen LogP contribution in [0.5, 0.6) is 0 Å². The maximum absolute atomic E-state index is 11.3. The molecule has 0 bridgehead atoms. The molecule has 0 spiro atoms. The average molecular weight is 239 g/mol. The summed E-state index contributed by atoms with van der Waals surface area (Å²) in [6.45, 7) is 8.70. The Morgan fingerprint density at radius 3 is 3.06 bits per heavy atom. The van der Waals surface area contributed by atoms with E-state index in [1.165, 1.54) is 0 Å². The number of nitrogens with one attached hydrogen (secondary N) is 2. The molecule has 17 heavy (non-hydrogen) atoms. The number of hydrogen-bond acceptors (Lipinski definition) is 4. The van der Waals surface area contributed by atoms with Crippen LogP contribution in [0.1, 0.15) is 13.8 Å². The van der Waals surface area contributed by atoms with Gasteiger partial charge in [0.25, 0.3) is 0 Å². The highest BCUT2D eigenvalue weighted by molar-refractivity contribution is 5.83. The van der Waals surface area contributed by atoms with Crippen molar-refractivity contribution in [1.82, 2.24) is 10.8 Å². The van der Waals surface area contributed by atoms with Crippen molar-refractivity contribution in [3.05, 3.63) is 24.3 Å². The molecule has 1 amide bonds. The number of hydroxylamine groups is 1. The fourth-order valence-corrected chi connectivity index (χ4v) is 1.83. The molecular weight excluding hydrogens is 218 g/mol. The molecule has 1 unspecified atom stereocenters. The molecule has 0 aromatic carbocycles. The van der Waals surface area contributed by atoms with E-state index in [1.54, 1.807) is 6.08 Å². The van der Waals surface area contributed by atoms with Crippen molar-refractivity contribution < 1.29 is 9.63 Å². The average Bonchev–Trinajstić information content (AvgIpc) is 2.29. The summed E-state index contributed by atoms with van der Waals surface area (Å²) in [7, 11) is 0. The summed E-state index contributed by atoms with van der Waals surface area (Å²) in [5, 5.41) is 3.12. The molecule has 5 heteroatoms. The molecule has 0 aromatic heterocycles. The van der Waals surface area contributed by atoms with Crippen LogP contribution in [0.15, 0.2) is 24.3 Å². The Morgan fingerprint density at radius 1 is 1.82 bits per heavy atom. The number of hydrogen-bond donors (Lipinski definition) is 3. The predicted molar refractivity (Wildman–Crippen MR) is 67.0 cm³/mol. The van der Waals surface area contributed by atoms with Crippen LogP contribution in [-0.4, -0.2) is 31.1 Å². The summed E-state index contributed by atoms with van der Waals surface area (Å²) >= 11 is 0. The third-order valence-corrected chi connectivity index (χ3v) is 2.66. The molecule has 5 nitrogen and oxygen atoms in total. The Morgan fingerprint density at radius 2 is 2.53 bits per heavy atom. The van der Waals surface area contributed by atoms with Crippen LogP contribution in [0.25, 0.3) is 0 Å². The summed E-state index contributed by atoms with van der Waals surface area (Å²) < 4.78 is 0. The van der Waals surface area contributed by atoms with E-state index in [9.17, 15) is 4.79 Å². The zero-order valence-corrected chi connectivity index (χ0v) is 10.4. The van der Waals surface area contributed by atoms with Crippen LogP contribution < -0.4 is 16.5 Å². The number of nitrogens with two attached hydrogens (primary N) is 1. The number of carbonyl (C=O) groups excluding carboxylic acids is 1. The van der Waals surface area contributed by atoms with Gasteiger partial charge in [-0.3, -0.25) is 9.63 Å². The zero-order chi connectivity index (χ0) is 12.8. The topological polar surface area (TPSA) is 76.4 Å². The van der Waals surface area contributed by atoms with Gasteiger partial charge < -0.3 is 11.1 Å². The van der Waals surface area contributed by atoms with Gasteiger partial charge in [-0.25, -0.2) is 0 Å². The smallest absolute Gasteiger partial charge is 0.238 e. The first-order valence-corrected chi connectivity index (χ1v) is 5.78. The normalized spacial score (nSPS) is 24.5. The Bertz CT molecular complexity index is 313. The lowest BCUT2D eigenvalue weighted by Gasteiger charge is -2.30. The van der Waals surface area contributed by atoms with E-state index in [2.05, 4.69) is 17.4 Å². The SMILES string of the molecule is C=CCON[C@@H]1C=C(C(C)C)C(C(N)=O)NC1. The molecule has 96 valence electrons. The number of primary amides is 1. The van der Waals surface area contributed by atoms with Gasteiger partial charge in [0.1, 0.15) is 6.04 Å². The largest absolute Gasteiger partial charge is 0.368 e. The van der Waals surface area contributed by atoms with Gasteiger partial charge in [0, 0.05) is 6.54 Å². The second-order valence-electron chi connectivity index (χ2n) is 4.39. The van der Waals surface area contributed by atoms with Crippen molar-refractivity contribution in [2.75, 3.05) is 13.2 Å². The standard InChI is InChI=1S/C12H21N3O2/c1-4-5-17-15-9-6-10(8(2)3)11(12(13)16)14-7-9/h4,6,8-9,11,14-15H,1,5,7H2,2-3H3,(H2,13,16)/t9-,11?/m1/s1. The Balaban J connectivity index is 2.67. The zero-order valence-electron chi connectivity index (χ0n) is 10.4. The van der Waals surface area contributed by atoms with Gasteiger partial charge in [-0.05, 0) is 11.5 Å². The van der Waals surface area contributed by atoms with Crippen LogP contribution >= 0.6 is 0 Å².